The minimum absolute atomic E-state index is 0.520. The summed E-state index contributed by atoms with van der Waals surface area (Å²) in [5.41, 5.74) is 0. The summed E-state index contributed by atoms with van der Waals surface area (Å²) >= 11 is 0. The Balaban J connectivity index is 1.70. The summed E-state index contributed by atoms with van der Waals surface area (Å²) in [5.74, 6) is 0. The highest BCUT2D eigenvalue weighted by molar-refractivity contribution is 7.87. The molecule has 0 aromatic heterocycles. The summed E-state index contributed by atoms with van der Waals surface area (Å²) in [4.78, 5) is 2.34. The van der Waals surface area contributed by atoms with Crippen molar-refractivity contribution in [2.75, 3.05) is 52.4 Å². The van der Waals surface area contributed by atoms with E-state index in [1.54, 1.807) is 0 Å². The van der Waals surface area contributed by atoms with Gasteiger partial charge in [-0.1, -0.05) is 6.42 Å². The van der Waals surface area contributed by atoms with Gasteiger partial charge < -0.3 is 10.2 Å². The zero-order valence-electron chi connectivity index (χ0n) is 10.9. The van der Waals surface area contributed by atoms with Crippen molar-refractivity contribution < 1.29 is 8.42 Å². The van der Waals surface area contributed by atoms with E-state index in [-0.39, 0.29) is 0 Å². The summed E-state index contributed by atoms with van der Waals surface area (Å²) < 4.78 is 28.2. The number of nitrogens with one attached hydrogen (secondary N) is 2. The Morgan fingerprint density at radius 3 is 2.33 bits per heavy atom. The number of hydrogen-bond acceptors (Lipinski definition) is 4. The lowest BCUT2D eigenvalue weighted by Crippen LogP contribution is -2.51. The molecule has 0 amide bonds. The molecule has 0 radical (unpaired) electrons. The Hall–Kier alpha value is -0.210. The molecule has 0 aromatic rings. The van der Waals surface area contributed by atoms with Crippen molar-refractivity contribution in [3.8, 4) is 0 Å². The van der Waals surface area contributed by atoms with Crippen LogP contribution < -0.4 is 10.0 Å². The molecule has 2 fully saturated rings. The molecule has 2 heterocycles. The molecule has 0 aliphatic carbocycles. The molecule has 2 N–H and O–H groups in total. The summed E-state index contributed by atoms with van der Waals surface area (Å²) in [5, 5.41) is 3.15. The molecule has 18 heavy (non-hydrogen) atoms. The van der Waals surface area contributed by atoms with E-state index in [0.29, 0.717) is 19.6 Å². The van der Waals surface area contributed by atoms with Gasteiger partial charge >= 0.3 is 0 Å². The number of nitrogens with zero attached hydrogens (tertiary/aromatic N) is 2. The SMILES string of the molecule is O=S(=O)(NCCN1CCCCC1)N1CCNCC1. The maximum Gasteiger partial charge on any atom is 0.279 e. The van der Waals surface area contributed by atoms with Gasteiger partial charge in [-0.2, -0.15) is 12.7 Å². The van der Waals surface area contributed by atoms with Crippen molar-refractivity contribution in [1.82, 2.24) is 19.2 Å². The molecule has 0 saturated carbocycles. The summed E-state index contributed by atoms with van der Waals surface area (Å²) in [6, 6.07) is 0. The first kappa shape index (κ1) is 14.2. The Morgan fingerprint density at radius 1 is 1.00 bits per heavy atom. The van der Waals surface area contributed by atoms with Crippen LogP contribution in [0, 0.1) is 0 Å². The van der Waals surface area contributed by atoms with Crippen molar-refractivity contribution in [1.29, 1.82) is 0 Å². The van der Waals surface area contributed by atoms with E-state index in [1.807, 2.05) is 0 Å². The average molecular weight is 276 g/mol. The molecule has 2 aliphatic heterocycles. The van der Waals surface area contributed by atoms with E-state index < -0.39 is 10.2 Å². The van der Waals surface area contributed by atoms with Gasteiger partial charge in [0.15, 0.2) is 0 Å². The van der Waals surface area contributed by atoms with Crippen molar-refractivity contribution in [3.05, 3.63) is 0 Å². The second kappa shape index (κ2) is 6.81. The zero-order chi connectivity index (χ0) is 12.8. The topological polar surface area (TPSA) is 64.7 Å². The molecule has 2 rings (SSSR count). The lowest BCUT2D eigenvalue weighted by atomic mass is 10.1. The standard InChI is InChI=1S/C11H24N4O2S/c16-18(17,15-10-4-12-5-11-15)13-6-9-14-7-2-1-3-8-14/h12-13H,1-11H2. The molecule has 0 atom stereocenters. The van der Waals surface area contributed by atoms with Crippen LogP contribution in [0.2, 0.25) is 0 Å². The summed E-state index contributed by atoms with van der Waals surface area (Å²) in [6.45, 7) is 6.18. The number of piperidine rings is 1. The van der Waals surface area contributed by atoms with E-state index >= 15 is 0 Å². The molecular weight excluding hydrogens is 252 g/mol. The third kappa shape index (κ3) is 4.17. The highest BCUT2D eigenvalue weighted by Gasteiger charge is 2.23. The van der Waals surface area contributed by atoms with Gasteiger partial charge in [0.05, 0.1) is 0 Å². The van der Waals surface area contributed by atoms with Crippen LogP contribution in [0.5, 0.6) is 0 Å². The van der Waals surface area contributed by atoms with Crippen LogP contribution in [0.4, 0.5) is 0 Å². The number of hydrogen-bond donors (Lipinski definition) is 2. The monoisotopic (exact) mass is 276 g/mol. The van der Waals surface area contributed by atoms with Crippen molar-refractivity contribution in [3.63, 3.8) is 0 Å². The predicted octanol–water partition coefficient (Wildman–Crippen LogP) is -0.788. The van der Waals surface area contributed by atoms with E-state index in [4.69, 9.17) is 0 Å². The Bertz CT molecular complexity index is 335. The lowest BCUT2D eigenvalue weighted by molar-refractivity contribution is 0.232. The Morgan fingerprint density at radius 2 is 1.67 bits per heavy atom. The first-order chi connectivity index (χ1) is 8.68. The van der Waals surface area contributed by atoms with Gasteiger partial charge in [0, 0.05) is 39.3 Å². The van der Waals surface area contributed by atoms with Crippen LogP contribution in [0.3, 0.4) is 0 Å². The molecule has 0 spiro atoms. The molecule has 2 aliphatic rings. The van der Waals surface area contributed by atoms with E-state index in [0.717, 1.165) is 32.7 Å². The maximum absolute atomic E-state index is 12.0. The quantitative estimate of drug-likeness (QED) is 0.691. The minimum atomic E-state index is -3.27. The molecule has 0 unspecified atom stereocenters. The highest BCUT2D eigenvalue weighted by atomic mass is 32.2. The van der Waals surface area contributed by atoms with Crippen LogP contribution >= 0.6 is 0 Å². The first-order valence-corrected chi connectivity index (χ1v) is 8.30. The molecule has 6 nitrogen and oxygen atoms in total. The number of piperazine rings is 1. The molecule has 0 bridgehead atoms. The van der Waals surface area contributed by atoms with E-state index in [2.05, 4.69) is 14.9 Å². The fourth-order valence-electron chi connectivity index (χ4n) is 2.49. The Kier molecular flexibility index (Phi) is 5.38. The van der Waals surface area contributed by atoms with Crippen molar-refractivity contribution in [2.45, 2.75) is 19.3 Å². The third-order valence-electron chi connectivity index (χ3n) is 3.58. The third-order valence-corrected chi connectivity index (χ3v) is 5.19. The molecule has 106 valence electrons. The maximum atomic E-state index is 12.0. The highest BCUT2D eigenvalue weighted by Crippen LogP contribution is 2.07. The van der Waals surface area contributed by atoms with Gasteiger partial charge in [0.25, 0.3) is 10.2 Å². The average Bonchev–Trinajstić information content (AvgIpc) is 2.41. The normalized spacial score (nSPS) is 24.2. The number of rotatable bonds is 5. The second-order valence-electron chi connectivity index (χ2n) is 4.95. The summed E-state index contributed by atoms with van der Waals surface area (Å²) in [6.07, 6.45) is 3.79. The van der Waals surface area contributed by atoms with Gasteiger partial charge in [-0.05, 0) is 25.9 Å². The van der Waals surface area contributed by atoms with Gasteiger partial charge in [0.1, 0.15) is 0 Å². The van der Waals surface area contributed by atoms with Gasteiger partial charge in [-0.3, -0.25) is 0 Å². The lowest BCUT2D eigenvalue weighted by Gasteiger charge is -2.29. The van der Waals surface area contributed by atoms with E-state index in [9.17, 15) is 8.42 Å². The summed E-state index contributed by atoms with van der Waals surface area (Å²) in [7, 11) is -3.27. The fraction of sp³-hybridized carbons (Fsp3) is 1.00. The molecule has 0 aromatic carbocycles. The predicted molar refractivity (Wildman–Crippen MR) is 71.7 cm³/mol. The zero-order valence-corrected chi connectivity index (χ0v) is 11.7. The Labute approximate surface area is 110 Å². The van der Waals surface area contributed by atoms with Crippen LogP contribution in [0.1, 0.15) is 19.3 Å². The van der Waals surface area contributed by atoms with Gasteiger partial charge in [0.2, 0.25) is 0 Å². The second-order valence-corrected chi connectivity index (χ2v) is 6.71. The fourth-order valence-corrected chi connectivity index (χ4v) is 3.69. The van der Waals surface area contributed by atoms with Crippen LogP contribution in [-0.4, -0.2) is 70.0 Å². The molecule has 2 saturated heterocycles. The van der Waals surface area contributed by atoms with Crippen LogP contribution in [0.25, 0.3) is 0 Å². The van der Waals surface area contributed by atoms with Crippen molar-refractivity contribution >= 4 is 10.2 Å². The molecule has 7 heteroatoms. The smallest absolute Gasteiger partial charge is 0.279 e. The largest absolute Gasteiger partial charge is 0.314 e. The van der Waals surface area contributed by atoms with E-state index in [1.165, 1.54) is 23.6 Å². The number of likely N-dealkylation sites (tertiary alicyclic amines) is 1. The molecular formula is C11H24N4O2S. The van der Waals surface area contributed by atoms with Gasteiger partial charge in [-0.25, -0.2) is 4.72 Å². The van der Waals surface area contributed by atoms with Crippen LogP contribution in [0.15, 0.2) is 0 Å². The van der Waals surface area contributed by atoms with Crippen molar-refractivity contribution in [2.24, 2.45) is 0 Å². The minimum Gasteiger partial charge on any atom is -0.314 e. The first-order valence-electron chi connectivity index (χ1n) is 6.86. The van der Waals surface area contributed by atoms with Crippen LogP contribution in [-0.2, 0) is 10.2 Å². The van der Waals surface area contributed by atoms with Gasteiger partial charge in [-0.15, -0.1) is 0 Å².